The number of aromatic nitrogens is 1. The third-order valence-corrected chi connectivity index (χ3v) is 6.02. The Kier molecular flexibility index (Phi) is 6.38. The van der Waals surface area contributed by atoms with Gasteiger partial charge in [-0.1, -0.05) is 34.6 Å². The molecule has 1 aliphatic rings. The zero-order valence-electron chi connectivity index (χ0n) is 14.0. The van der Waals surface area contributed by atoms with Gasteiger partial charge in [0.05, 0.1) is 5.69 Å². The Balaban J connectivity index is 2.05. The van der Waals surface area contributed by atoms with Crippen LogP contribution in [0.3, 0.4) is 0 Å². The average molecular weight is 328 g/mol. The Labute approximate surface area is 137 Å². The summed E-state index contributed by atoms with van der Waals surface area (Å²) in [5.41, 5.74) is 1.28. The molecule has 1 aliphatic heterocycles. The number of thiazole rings is 1. The number of nitrogens with zero attached hydrogens (tertiary/aromatic N) is 2. The zero-order valence-corrected chi connectivity index (χ0v) is 15.6. The zero-order chi connectivity index (χ0) is 15.4. The van der Waals surface area contributed by atoms with E-state index in [1.807, 2.05) is 11.3 Å². The Morgan fingerprint density at radius 2 is 1.95 bits per heavy atom. The standard InChI is InChI=1S/C16H29N3S2/c1-6-14-15(8-17-7-11(2)3)21-16(18-14)19-9-12(4)20-13(5)10-19/h11-13,17H,6-10H2,1-5H3. The number of thioether (sulfide) groups is 1. The smallest absolute Gasteiger partial charge is 0.185 e. The van der Waals surface area contributed by atoms with Crippen molar-refractivity contribution in [3.8, 4) is 0 Å². The molecule has 0 spiro atoms. The van der Waals surface area contributed by atoms with E-state index in [2.05, 4.69) is 56.6 Å². The van der Waals surface area contributed by atoms with Gasteiger partial charge in [0.25, 0.3) is 0 Å². The highest BCUT2D eigenvalue weighted by Gasteiger charge is 2.25. The molecule has 1 fully saturated rings. The number of nitrogens with one attached hydrogen (secondary N) is 1. The summed E-state index contributed by atoms with van der Waals surface area (Å²) in [7, 11) is 0. The molecule has 1 aromatic rings. The predicted molar refractivity (Wildman–Crippen MR) is 96.8 cm³/mol. The lowest BCUT2D eigenvalue weighted by Gasteiger charge is -2.34. The van der Waals surface area contributed by atoms with Crippen molar-refractivity contribution in [2.24, 2.45) is 5.92 Å². The minimum Gasteiger partial charge on any atom is -0.346 e. The van der Waals surface area contributed by atoms with Crippen molar-refractivity contribution in [2.75, 3.05) is 24.5 Å². The van der Waals surface area contributed by atoms with E-state index in [0.717, 1.165) is 32.6 Å². The molecule has 0 aromatic carbocycles. The second kappa shape index (κ2) is 7.84. The number of rotatable bonds is 6. The Morgan fingerprint density at radius 3 is 2.52 bits per heavy atom. The van der Waals surface area contributed by atoms with Crippen molar-refractivity contribution in [2.45, 2.75) is 58.1 Å². The highest BCUT2D eigenvalue weighted by atomic mass is 32.2. The van der Waals surface area contributed by atoms with Gasteiger partial charge in [-0.3, -0.25) is 0 Å². The van der Waals surface area contributed by atoms with Crippen LogP contribution in [-0.4, -0.2) is 35.1 Å². The summed E-state index contributed by atoms with van der Waals surface area (Å²) in [5.74, 6) is 0.697. The third-order valence-electron chi connectivity index (χ3n) is 3.63. The fraction of sp³-hybridized carbons (Fsp3) is 0.812. The summed E-state index contributed by atoms with van der Waals surface area (Å²) >= 11 is 3.99. The summed E-state index contributed by atoms with van der Waals surface area (Å²) in [6, 6.07) is 0. The van der Waals surface area contributed by atoms with Crippen LogP contribution in [0.4, 0.5) is 5.13 Å². The Hall–Kier alpha value is -0.260. The average Bonchev–Trinajstić information content (AvgIpc) is 2.80. The van der Waals surface area contributed by atoms with Crippen molar-refractivity contribution < 1.29 is 0 Å². The number of hydrogen-bond acceptors (Lipinski definition) is 5. The van der Waals surface area contributed by atoms with E-state index in [1.54, 1.807) is 0 Å². The first kappa shape index (κ1) is 17.1. The Morgan fingerprint density at radius 1 is 1.29 bits per heavy atom. The molecule has 1 saturated heterocycles. The van der Waals surface area contributed by atoms with Crippen molar-refractivity contribution >= 4 is 28.2 Å². The first-order valence-electron chi connectivity index (χ1n) is 8.09. The highest BCUT2D eigenvalue weighted by Crippen LogP contribution is 2.32. The van der Waals surface area contributed by atoms with E-state index in [0.29, 0.717) is 16.4 Å². The van der Waals surface area contributed by atoms with Gasteiger partial charge < -0.3 is 10.2 Å². The van der Waals surface area contributed by atoms with Gasteiger partial charge in [0.1, 0.15) is 0 Å². The molecule has 2 heterocycles. The van der Waals surface area contributed by atoms with Gasteiger partial charge >= 0.3 is 0 Å². The summed E-state index contributed by atoms with van der Waals surface area (Å²) < 4.78 is 0. The topological polar surface area (TPSA) is 28.2 Å². The van der Waals surface area contributed by atoms with E-state index in [-0.39, 0.29) is 0 Å². The van der Waals surface area contributed by atoms with E-state index in [1.165, 1.54) is 15.7 Å². The first-order valence-corrected chi connectivity index (χ1v) is 9.85. The van der Waals surface area contributed by atoms with Gasteiger partial charge in [-0.25, -0.2) is 4.98 Å². The van der Waals surface area contributed by atoms with Gasteiger partial charge in [0.15, 0.2) is 5.13 Å². The molecule has 1 aromatic heterocycles. The number of hydrogen-bond donors (Lipinski definition) is 1. The molecule has 1 N–H and O–H groups in total. The van der Waals surface area contributed by atoms with Crippen molar-refractivity contribution in [3.05, 3.63) is 10.6 Å². The van der Waals surface area contributed by atoms with Crippen LogP contribution in [0.2, 0.25) is 0 Å². The molecule has 21 heavy (non-hydrogen) atoms. The predicted octanol–water partition coefficient (Wildman–Crippen LogP) is 3.78. The van der Waals surface area contributed by atoms with Gasteiger partial charge in [-0.15, -0.1) is 11.3 Å². The highest BCUT2D eigenvalue weighted by molar-refractivity contribution is 8.00. The molecule has 0 amide bonds. The normalized spacial score (nSPS) is 23.0. The van der Waals surface area contributed by atoms with Crippen LogP contribution in [0.25, 0.3) is 0 Å². The maximum atomic E-state index is 4.91. The molecular formula is C16H29N3S2. The van der Waals surface area contributed by atoms with Gasteiger partial charge in [0, 0.05) is 35.0 Å². The van der Waals surface area contributed by atoms with Crippen LogP contribution in [0.5, 0.6) is 0 Å². The lowest BCUT2D eigenvalue weighted by Crippen LogP contribution is -2.40. The van der Waals surface area contributed by atoms with E-state index in [4.69, 9.17) is 4.98 Å². The van der Waals surface area contributed by atoms with Crippen LogP contribution in [0.1, 0.15) is 45.2 Å². The molecule has 120 valence electrons. The number of aryl methyl sites for hydroxylation is 1. The lowest BCUT2D eigenvalue weighted by molar-refractivity contribution is 0.553. The molecule has 0 bridgehead atoms. The van der Waals surface area contributed by atoms with Crippen LogP contribution >= 0.6 is 23.1 Å². The maximum absolute atomic E-state index is 4.91. The third kappa shape index (κ3) is 4.86. The van der Waals surface area contributed by atoms with Crippen LogP contribution < -0.4 is 10.2 Å². The molecule has 2 atom stereocenters. The molecule has 2 rings (SSSR count). The van der Waals surface area contributed by atoms with Crippen molar-refractivity contribution in [1.82, 2.24) is 10.3 Å². The molecular weight excluding hydrogens is 298 g/mol. The summed E-state index contributed by atoms with van der Waals surface area (Å²) in [5, 5.41) is 6.18. The largest absolute Gasteiger partial charge is 0.346 e. The van der Waals surface area contributed by atoms with E-state index < -0.39 is 0 Å². The molecule has 3 nitrogen and oxygen atoms in total. The van der Waals surface area contributed by atoms with Crippen LogP contribution in [0.15, 0.2) is 0 Å². The van der Waals surface area contributed by atoms with Gasteiger partial charge in [-0.05, 0) is 18.9 Å². The van der Waals surface area contributed by atoms with Crippen molar-refractivity contribution in [1.29, 1.82) is 0 Å². The lowest BCUT2D eigenvalue weighted by atomic mass is 10.2. The minimum absolute atomic E-state index is 0.697. The molecule has 0 radical (unpaired) electrons. The minimum atomic E-state index is 0.697. The van der Waals surface area contributed by atoms with Crippen LogP contribution in [0, 0.1) is 5.92 Å². The number of anilines is 1. The van der Waals surface area contributed by atoms with Crippen molar-refractivity contribution in [3.63, 3.8) is 0 Å². The summed E-state index contributed by atoms with van der Waals surface area (Å²) in [4.78, 5) is 8.82. The second-order valence-corrected chi connectivity index (χ2v) is 9.35. The van der Waals surface area contributed by atoms with E-state index >= 15 is 0 Å². The molecule has 2 unspecified atom stereocenters. The molecule has 5 heteroatoms. The monoisotopic (exact) mass is 327 g/mol. The Bertz CT molecular complexity index is 435. The van der Waals surface area contributed by atoms with Crippen LogP contribution in [-0.2, 0) is 13.0 Å². The molecule has 0 saturated carbocycles. The van der Waals surface area contributed by atoms with Gasteiger partial charge in [-0.2, -0.15) is 11.8 Å². The van der Waals surface area contributed by atoms with E-state index in [9.17, 15) is 0 Å². The fourth-order valence-corrected chi connectivity index (χ4v) is 5.19. The molecule has 0 aliphatic carbocycles. The fourth-order valence-electron chi connectivity index (χ4n) is 2.73. The first-order chi connectivity index (χ1) is 9.99. The summed E-state index contributed by atoms with van der Waals surface area (Å²) in [6.45, 7) is 15.7. The van der Waals surface area contributed by atoms with Gasteiger partial charge in [0.2, 0.25) is 0 Å². The summed E-state index contributed by atoms with van der Waals surface area (Å²) in [6.07, 6.45) is 1.03. The quantitative estimate of drug-likeness (QED) is 0.860. The maximum Gasteiger partial charge on any atom is 0.185 e. The second-order valence-electron chi connectivity index (χ2n) is 6.41. The SMILES string of the molecule is CCc1nc(N2CC(C)SC(C)C2)sc1CNCC(C)C.